The van der Waals surface area contributed by atoms with Crippen molar-refractivity contribution in [3.8, 4) is 0 Å². The first-order valence-corrected chi connectivity index (χ1v) is 14.0. The third kappa shape index (κ3) is 18.5. The second-order valence-electron chi connectivity index (χ2n) is 8.83. The van der Waals surface area contributed by atoms with Gasteiger partial charge in [0, 0.05) is 7.05 Å². The molecule has 0 bridgehead atoms. The molecule has 1 heterocycles. The average molecular weight is 582 g/mol. The summed E-state index contributed by atoms with van der Waals surface area (Å²) in [6.45, 7) is 10.1. The third-order valence-corrected chi connectivity index (χ3v) is 5.52. The van der Waals surface area contributed by atoms with Crippen LogP contribution in [-0.4, -0.2) is 137 Å². The summed E-state index contributed by atoms with van der Waals surface area (Å²) >= 11 is 0. The molecule has 2 aromatic rings. The van der Waals surface area contributed by atoms with Crippen LogP contribution in [0.3, 0.4) is 0 Å². The molecule has 0 fully saturated rings. The highest BCUT2D eigenvalue weighted by molar-refractivity contribution is 5.82. The van der Waals surface area contributed by atoms with Gasteiger partial charge in [0.15, 0.2) is 0 Å². The number of aliphatic hydroxyl groups excluding tert-OH is 1. The first-order valence-electron chi connectivity index (χ1n) is 14.0. The van der Waals surface area contributed by atoms with Crippen LogP contribution < -0.4 is 0 Å². The lowest BCUT2D eigenvalue weighted by Crippen LogP contribution is -2.23. The number of hydrogen-bond acceptors (Lipinski definition) is 11. The van der Waals surface area contributed by atoms with Gasteiger partial charge in [0.2, 0.25) is 0 Å². The lowest BCUT2D eigenvalue weighted by molar-refractivity contribution is -0.0217. The van der Waals surface area contributed by atoms with Gasteiger partial charge < -0.3 is 43.2 Å². The second-order valence-corrected chi connectivity index (χ2v) is 8.83. The maximum absolute atomic E-state index is 8.58. The van der Waals surface area contributed by atoms with Crippen molar-refractivity contribution < 1.29 is 38.3 Å². The van der Waals surface area contributed by atoms with E-state index >= 15 is 0 Å². The van der Waals surface area contributed by atoms with Crippen molar-refractivity contribution in [2.75, 3.05) is 106 Å². The molecule has 232 valence electrons. The summed E-state index contributed by atoms with van der Waals surface area (Å²) in [4.78, 5) is 6.67. The molecule has 0 aliphatic heterocycles. The van der Waals surface area contributed by atoms with Gasteiger partial charge in [0.05, 0.1) is 124 Å². The third-order valence-electron chi connectivity index (χ3n) is 5.52. The highest BCUT2D eigenvalue weighted by Gasteiger charge is 2.07. The van der Waals surface area contributed by atoms with E-state index in [2.05, 4.69) is 15.3 Å². The quantitative estimate of drug-likeness (QED) is 0.0987. The standard InChI is InChI=1S/C28H47N5O8/c1-26(29-27-6-4-3-5-7-27)32(2)24-28-25-33(31-30-28)8-10-35-12-14-37-16-18-39-20-22-41-23-21-40-19-17-38-15-13-36-11-9-34/h3-7,25,34H,8-24H2,1-2H3/b29-26-. The number of benzene rings is 1. The molecule has 41 heavy (non-hydrogen) atoms. The number of nitrogens with zero attached hydrogens (tertiary/aromatic N) is 5. The van der Waals surface area contributed by atoms with Gasteiger partial charge in [-0.25, -0.2) is 9.67 Å². The molecule has 0 amide bonds. The molecule has 0 saturated carbocycles. The van der Waals surface area contributed by atoms with Crippen molar-refractivity contribution in [3.63, 3.8) is 0 Å². The van der Waals surface area contributed by atoms with Gasteiger partial charge in [0.1, 0.15) is 11.5 Å². The van der Waals surface area contributed by atoms with Gasteiger partial charge in [-0.05, 0) is 19.1 Å². The van der Waals surface area contributed by atoms with E-state index in [4.69, 9.17) is 38.3 Å². The zero-order chi connectivity index (χ0) is 29.2. The van der Waals surface area contributed by atoms with Crippen LogP contribution in [0.15, 0.2) is 41.5 Å². The van der Waals surface area contributed by atoms with Crippen LogP contribution in [0.4, 0.5) is 5.69 Å². The van der Waals surface area contributed by atoms with E-state index in [1.54, 1.807) is 4.68 Å². The maximum atomic E-state index is 8.58. The maximum Gasteiger partial charge on any atom is 0.102 e. The fourth-order valence-corrected chi connectivity index (χ4v) is 3.30. The Morgan fingerprint density at radius 2 is 1.20 bits per heavy atom. The van der Waals surface area contributed by atoms with Crippen LogP contribution in [0, 0.1) is 0 Å². The van der Waals surface area contributed by atoms with E-state index in [0.29, 0.717) is 106 Å². The van der Waals surface area contributed by atoms with Gasteiger partial charge in [-0.1, -0.05) is 23.4 Å². The molecule has 1 aromatic heterocycles. The molecule has 2 rings (SSSR count). The average Bonchev–Trinajstić information content (AvgIpc) is 3.43. The molecule has 0 aliphatic rings. The summed E-state index contributed by atoms with van der Waals surface area (Å²) in [7, 11) is 1.99. The Balaban J connectivity index is 1.33. The molecule has 13 heteroatoms. The number of rotatable bonds is 26. The lowest BCUT2D eigenvalue weighted by atomic mass is 10.3. The van der Waals surface area contributed by atoms with Crippen molar-refractivity contribution >= 4 is 11.5 Å². The number of ether oxygens (including phenoxy) is 7. The summed E-state index contributed by atoms with van der Waals surface area (Å²) in [5.74, 6) is 0.908. The van der Waals surface area contributed by atoms with Gasteiger partial charge in [-0.3, -0.25) is 0 Å². The Kier molecular flexibility index (Phi) is 20.4. The van der Waals surface area contributed by atoms with E-state index in [1.165, 1.54) is 0 Å². The molecule has 1 aromatic carbocycles. The minimum Gasteiger partial charge on any atom is -0.394 e. The van der Waals surface area contributed by atoms with Crippen LogP contribution in [-0.2, 0) is 46.2 Å². The number of aromatic nitrogens is 3. The van der Waals surface area contributed by atoms with Crippen molar-refractivity contribution in [3.05, 3.63) is 42.2 Å². The van der Waals surface area contributed by atoms with Gasteiger partial charge in [-0.2, -0.15) is 0 Å². The number of para-hydroxylation sites is 1. The monoisotopic (exact) mass is 581 g/mol. The molecule has 0 radical (unpaired) electrons. The molecule has 0 saturated heterocycles. The number of aliphatic imine (C=N–C) groups is 1. The number of aliphatic hydroxyl groups is 1. The molecule has 0 atom stereocenters. The fourth-order valence-electron chi connectivity index (χ4n) is 3.30. The fraction of sp³-hybridized carbons (Fsp3) is 0.679. The molecule has 13 nitrogen and oxygen atoms in total. The van der Waals surface area contributed by atoms with Crippen LogP contribution in [0.5, 0.6) is 0 Å². The first-order chi connectivity index (χ1) is 20.2. The Labute approximate surface area is 243 Å². The molecular weight excluding hydrogens is 534 g/mol. The highest BCUT2D eigenvalue weighted by Crippen LogP contribution is 2.11. The van der Waals surface area contributed by atoms with Crippen molar-refractivity contribution in [1.29, 1.82) is 0 Å². The highest BCUT2D eigenvalue weighted by atomic mass is 16.6. The Morgan fingerprint density at radius 3 is 1.68 bits per heavy atom. The molecular formula is C28H47N5O8. The predicted octanol–water partition coefficient (Wildman–Crippen LogP) is 1.57. The van der Waals surface area contributed by atoms with Crippen molar-refractivity contribution in [2.45, 2.75) is 20.0 Å². The molecule has 0 spiro atoms. The van der Waals surface area contributed by atoms with Crippen LogP contribution in [0.25, 0.3) is 0 Å². The summed E-state index contributed by atoms with van der Waals surface area (Å²) in [6, 6.07) is 9.88. The summed E-state index contributed by atoms with van der Waals surface area (Å²) in [6.07, 6.45) is 1.93. The van der Waals surface area contributed by atoms with E-state index in [1.807, 2.05) is 55.4 Å². The Hall–Kier alpha value is -2.49. The van der Waals surface area contributed by atoms with Crippen LogP contribution in [0.1, 0.15) is 12.6 Å². The summed E-state index contributed by atoms with van der Waals surface area (Å²) < 4.78 is 39.7. The van der Waals surface area contributed by atoms with E-state index < -0.39 is 0 Å². The minimum atomic E-state index is 0.0264. The SMILES string of the molecule is C/C(=N/c1ccccc1)N(C)Cc1cn(CCOCCOCCOCCOCCOCCOCCOCCO)nn1. The largest absolute Gasteiger partial charge is 0.394 e. The van der Waals surface area contributed by atoms with Gasteiger partial charge in [-0.15, -0.1) is 5.10 Å². The second kappa shape index (κ2) is 24.1. The normalized spacial score (nSPS) is 11.8. The van der Waals surface area contributed by atoms with Crippen molar-refractivity contribution in [2.24, 2.45) is 4.99 Å². The summed E-state index contributed by atoms with van der Waals surface area (Å²) in [5, 5.41) is 17.0. The van der Waals surface area contributed by atoms with E-state index in [9.17, 15) is 0 Å². The smallest absolute Gasteiger partial charge is 0.102 e. The van der Waals surface area contributed by atoms with Gasteiger partial charge >= 0.3 is 0 Å². The minimum absolute atomic E-state index is 0.0264. The molecule has 0 unspecified atom stereocenters. The topological polar surface area (TPSA) is 131 Å². The predicted molar refractivity (Wildman–Crippen MR) is 154 cm³/mol. The summed E-state index contributed by atoms with van der Waals surface area (Å²) in [5.41, 5.74) is 1.80. The Bertz CT molecular complexity index is 903. The van der Waals surface area contributed by atoms with E-state index in [0.717, 1.165) is 17.2 Å². The van der Waals surface area contributed by atoms with Gasteiger partial charge in [0.25, 0.3) is 0 Å². The molecule has 0 aliphatic carbocycles. The van der Waals surface area contributed by atoms with Crippen LogP contribution >= 0.6 is 0 Å². The van der Waals surface area contributed by atoms with E-state index in [-0.39, 0.29) is 6.61 Å². The Morgan fingerprint density at radius 1 is 0.732 bits per heavy atom. The zero-order valence-corrected chi connectivity index (χ0v) is 24.5. The van der Waals surface area contributed by atoms with Crippen molar-refractivity contribution in [1.82, 2.24) is 19.9 Å². The zero-order valence-electron chi connectivity index (χ0n) is 24.5. The number of hydrogen-bond donors (Lipinski definition) is 1. The molecule has 1 N–H and O–H groups in total. The number of amidine groups is 1. The first kappa shape index (κ1) is 34.7. The van der Waals surface area contributed by atoms with Crippen LogP contribution in [0.2, 0.25) is 0 Å². The lowest BCUT2D eigenvalue weighted by Gasteiger charge is -2.16.